The minimum atomic E-state index is -0.868. The Balaban J connectivity index is 1.89. The fraction of sp³-hybridized carbons (Fsp3) is 0.300. The van der Waals surface area contributed by atoms with Gasteiger partial charge in [0, 0.05) is 12.3 Å². The van der Waals surface area contributed by atoms with Gasteiger partial charge in [-0.1, -0.05) is 4.67 Å². The summed E-state index contributed by atoms with van der Waals surface area (Å²) in [6, 6.07) is 3.55. The van der Waals surface area contributed by atoms with Gasteiger partial charge in [-0.25, -0.2) is 4.98 Å². The molecule has 1 aliphatic rings. The van der Waals surface area contributed by atoms with Crippen LogP contribution in [0.4, 0.5) is 0 Å². The van der Waals surface area contributed by atoms with Gasteiger partial charge in [-0.05, 0) is 6.07 Å². The highest BCUT2D eigenvalue weighted by molar-refractivity contribution is 6.46. The minimum Gasteiger partial charge on any atom is -0.475 e. The largest absolute Gasteiger partial charge is 0.475 e. The summed E-state index contributed by atoms with van der Waals surface area (Å²) in [5, 5.41) is 17.6. The van der Waals surface area contributed by atoms with Gasteiger partial charge >= 0.3 is 11.9 Å². The molecule has 1 aromatic rings. The molecule has 0 aliphatic carbocycles. The average molecular weight is 207 g/mol. The molecule has 15 heavy (non-hydrogen) atoms. The highest BCUT2D eigenvalue weighted by atomic mass is 16.5. The molecule has 0 radical (unpaired) electrons. The lowest BCUT2D eigenvalue weighted by molar-refractivity contribution is 0.0521. The molecule has 5 heteroatoms. The maximum Gasteiger partial charge on any atom is 0.417 e. The fourth-order valence-electron chi connectivity index (χ4n) is 1.03. The first-order valence-electron chi connectivity index (χ1n) is 4.59. The van der Waals surface area contributed by atoms with Crippen molar-refractivity contribution in [3.63, 3.8) is 0 Å². The van der Waals surface area contributed by atoms with E-state index in [4.69, 9.17) is 14.9 Å². The Morgan fingerprint density at radius 1 is 1.47 bits per heavy atom. The molecule has 0 saturated carbocycles. The third-order valence-electron chi connectivity index (χ3n) is 1.92. The lowest BCUT2D eigenvalue weighted by Crippen LogP contribution is -2.21. The number of aromatic nitrogens is 1. The minimum absolute atomic E-state index is 0.0376. The topological polar surface area (TPSA) is 76.7 Å². The van der Waals surface area contributed by atoms with Gasteiger partial charge in [-0.2, -0.15) is 0 Å². The predicted octanol–water partition coefficient (Wildman–Crippen LogP) is -1.25. The molecule has 1 unspecified atom stereocenters. The molecule has 78 valence electrons. The second-order valence-electron chi connectivity index (χ2n) is 3.18. The van der Waals surface area contributed by atoms with Crippen LogP contribution in [0.3, 0.4) is 0 Å². The van der Waals surface area contributed by atoms with Crippen LogP contribution in [-0.4, -0.2) is 46.4 Å². The molecule has 0 spiro atoms. The summed E-state index contributed by atoms with van der Waals surface area (Å²) in [7, 11) is 0. The Kier molecular flexibility index (Phi) is 2.78. The quantitative estimate of drug-likeness (QED) is 0.592. The second kappa shape index (κ2) is 4.23. The number of nitrogens with zero attached hydrogens (tertiary/aromatic N) is 2. The van der Waals surface area contributed by atoms with Gasteiger partial charge in [0.1, 0.15) is 12.7 Å². The molecule has 0 amide bonds. The summed E-state index contributed by atoms with van der Waals surface area (Å²) in [5.41, 5.74) is 1.88. The van der Waals surface area contributed by atoms with Crippen LogP contribution in [0.2, 0.25) is 0 Å². The van der Waals surface area contributed by atoms with E-state index < -0.39 is 6.10 Å². The van der Waals surface area contributed by atoms with Crippen LogP contribution in [0.5, 0.6) is 5.88 Å². The summed E-state index contributed by atoms with van der Waals surface area (Å²) in [6.07, 6.45) is 2.54. The number of aliphatic hydroxyl groups is 2. The molecule has 1 aromatic heterocycles. The van der Waals surface area contributed by atoms with Gasteiger partial charge < -0.3 is 14.9 Å². The van der Waals surface area contributed by atoms with Gasteiger partial charge in [-0.15, -0.1) is 0 Å². The normalized spacial score (nSPS) is 14.7. The lowest BCUT2D eigenvalue weighted by Gasteiger charge is -2.08. The van der Waals surface area contributed by atoms with Crippen molar-refractivity contribution in [3.8, 4) is 5.88 Å². The Hall–Kier alpha value is -1.68. The predicted molar refractivity (Wildman–Crippen MR) is 55.1 cm³/mol. The van der Waals surface area contributed by atoms with Gasteiger partial charge in [0.05, 0.1) is 12.2 Å². The van der Waals surface area contributed by atoms with Crippen LogP contribution in [0, 0.1) is 0 Å². The zero-order chi connectivity index (χ0) is 10.7. The van der Waals surface area contributed by atoms with Crippen molar-refractivity contribution >= 4 is 11.9 Å². The van der Waals surface area contributed by atoms with E-state index in [0.29, 0.717) is 5.88 Å². The summed E-state index contributed by atoms with van der Waals surface area (Å²) in [5.74, 6) is 0.424. The molecule has 0 saturated heterocycles. The van der Waals surface area contributed by atoms with Crippen molar-refractivity contribution in [2.24, 2.45) is 0 Å². The summed E-state index contributed by atoms with van der Waals surface area (Å²) in [4.78, 5) is 4.03. The molecule has 1 aliphatic heterocycles. The zero-order valence-corrected chi connectivity index (χ0v) is 8.00. The molecule has 5 nitrogen and oxygen atoms in total. The molecule has 0 fully saturated rings. The van der Waals surface area contributed by atoms with Crippen LogP contribution in [-0.2, 0) is 0 Å². The van der Waals surface area contributed by atoms with E-state index in [-0.39, 0.29) is 13.2 Å². The zero-order valence-electron chi connectivity index (χ0n) is 8.00. The maximum atomic E-state index is 9.05. The second-order valence-corrected chi connectivity index (χ2v) is 3.18. The summed E-state index contributed by atoms with van der Waals surface area (Å²) >= 11 is 0. The van der Waals surface area contributed by atoms with E-state index in [1.165, 1.54) is 0 Å². The smallest absolute Gasteiger partial charge is 0.417 e. The van der Waals surface area contributed by atoms with Crippen LogP contribution >= 0.6 is 0 Å². The van der Waals surface area contributed by atoms with Crippen molar-refractivity contribution in [1.82, 2.24) is 9.65 Å². The lowest BCUT2D eigenvalue weighted by atomic mass is 10.2. The SMILES string of the molecule is OCC(O)COc1ccc(C2=[N+]=C2)cn1. The van der Waals surface area contributed by atoms with Crippen molar-refractivity contribution in [2.45, 2.75) is 6.10 Å². The first-order valence-corrected chi connectivity index (χ1v) is 4.59. The number of pyridine rings is 1. The standard InChI is InChI=1S/C10H11N2O3/c13-5-8(14)6-15-10-2-1-7(3-12-10)9-4-11-9/h1-4,8,13-14H,5-6H2/q+1. The van der Waals surface area contributed by atoms with E-state index in [2.05, 4.69) is 9.65 Å². The monoisotopic (exact) mass is 207 g/mol. The molecule has 1 atom stereocenters. The third-order valence-corrected chi connectivity index (χ3v) is 1.92. The van der Waals surface area contributed by atoms with Crippen molar-refractivity contribution in [3.05, 3.63) is 23.9 Å². The van der Waals surface area contributed by atoms with Crippen LogP contribution in [0.25, 0.3) is 0 Å². The van der Waals surface area contributed by atoms with Gasteiger partial charge in [0.15, 0.2) is 0 Å². The Labute approximate surface area is 86.4 Å². The van der Waals surface area contributed by atoms with Crippen molar-refractivity contribution < 1.29 is 14.9 Å². The van der Waals surface area contributed by atoms with Gasteiger partial charge in [0.25, 0.3) is 0 Å². The number of rotatable bonds is 5. The van der Waals surface area contributed by atoms with Gasteiger partial charge in [-0.3, -0.25) is 0 Å². The number of ether oxygens (including phenoxy) is 1. The van der Waals surface area contributed by atoms with Crippen molar-refractivity contribution in [1.29, 1.82) is 0 Å². The summed E-state index contributed by atoms with van der Waals surface area (Å²) in [6.45, 7) is -0.278. The van der Waals surface area contributed by atoms with Gasteiger partial charge in [0.2, 0.25) is 5.88 Å². The number of aliphatic hydroxyl groups excluding tert-OH is 2. The third kappa shape index (κ3) is 2.63. The van der Waals surface area contributed by atoms with E-state index in [0.717, 1.165) is 11.3 Å². The fourth-order valence-corrected chi connectivity index (χ4v) is 1.03. The number of hydrogen-bond donors (Lipinski definition) is 2. The molecular formula is C10H11N2O3+. The van der Waals surface area contributed by atoms with Crippen molar-refractivity contribution in [2.75, 3.05) is 13.2 Å². The average Bonchev–Trinajstić information content (AvgIpc) is 3.10. The highest BCUT2D eigenvalue weighted by Crippen LogP contribution is 2.08. The van der Waals surface area contributed by atoms with E-state index in [1.54, 1.807) is 18.5 Å². The first kappa shape index (κ1) is 9.86. The molecule has 2 N–H and O–H groups in total. The Morgan fingerprint density at radius 3 is 2.80 bits per heavy atom. The molecule has 2 heterocycles. The maximum absolute atomic E-state index is 9.05. The molecule has 0 aromatic carbocycles. The molecular weight excluding hydrogens is 196 g/mol. The number of hydrogen-bond acceptors (Lipinski definition) is 4. The van der Waals surface area contributed by atoms with Crippen LogP contribution < -0.4 is 9.40 Å². The van der Waals surface area contributed by atoms with E-state index in [9.17, 15) is 0 Å². The molecule has 2 rings (SSSR count). The Bertz CT molecular complexity index is 407. The van der Waals surface area contributed by atoms with Crippen LogP contribution in [0.15, 0.2) is 18.3 Å². The Morgan fingerprint density at radius 2 is 2.27 bits per heavy atom. The van der Waals surface area contributed by atoms with Crippen LogP contribution in [0.1, 0.15) is 5.56 Å². The summed E-state index contributed by atoms with van der Waals surface area (Å²) < 4.78 is 9.07. The highest BCUT2D eigenvalue weighted by Gasteiger charge is 2.25. The first-order chi connectivity index (χ1) is 7.29. The van der Waals surface area contributed by atoms with E-state index >= 15 is 0 Å². The molecule has 0 bridgehead atoms. The van der Waals surface area contributed by atoms with E-state index in [1.807, 2.05) is 6.07 Å².